The number of amides is 1. The van der Waals surface area contributed by atoms with Crippen molar-refractivity contribution in [1.29, 1.82) is 0 Å². The van der Waals surface area contributed by atoms with E-state index in [0.717, 1.165) is 28.1 Å². The number of nitrogens with zero attached hydrogens (tertiary/aromatic N) is 1. The zero-order valence-corrected chi connectivity index (χ0v) is 11.9. The lowest BCUT2D eigenvalue weighted by Gasteiger charge is -2.30. The lowest BCUT2D eigenvalue weighted by Crippen LogP contribution is -2.42. The Balaban J connectivity index is 1.79. The van der Waals surface area contributed by atoms with E-state index in [2.05, 4.69) is 26.2 Å². The van der Waals surface area contributed by atoms with E-state index in [1.807, 2.05) is 24.3 Å². The van der Waals surface area contributed by atoms with Gasteiger partial charge in [0.25, 0.3) is 0 Å². The maximum Gasteiger partial charge on any atom is 0.228 e. The molecule has 3 N–H and O–H groups in total. The molecule has 1 saturated carbocycles. The number of pyridine rings is 1. The largest absolute Gasteiger partial charge is 0.328 e. The lowest BCUT2D eigenvalue weighted by atomic mass is 9.80. The summed E-state index contributed by atoms with van der Waals surface area (Å²) in [4.78, 5) is 16.2. The summed E-state index contributed by atoms with van der Waals surface area (Å²) in [7, 11) is 0. The van der Waals surface area contributed by atoms with Crippen LogP contribution in [0, 0.1) is 5.92 Å². The highest BCUT2D eigenvalue weighted by molar-refractivity contribution is 9.10. The van der Waals surface area contributed by atoms with Crippen LogP contribution in [0.2, 0.25) is 0 Å². The minimum Gasteiger partial charge on any atom is -0.328 e. The maximum atomic E-state index is 11.9. The van der Waals surface area contributed by atoms with Crippen molar-refractivity contribution in [3.05, 3.63) is 34.9 Å². The van der Waals surface area contributed by atoms with Crippen LogP contribution in [-0.2, 0) is 4.79 Å². The van der Waals surface area contributed by atoms with E-state index in [0.29, 0.717) is 5.82 Å². The molecule has 1 aromatic heterocycles. The molecule has 1 amide bonds. The number of nitrogens with two attached hydrogens (primary N) is 1. The van der Waals surface area contributed by atoms with Gasteiger partial charge < -0.3 is 11.1 Å². The molecule has 0 spiro atoms. The van der Waals surface area contributed by atoms with E-state index in [4.69, 9.17) is 5.73 Å². The SMILES string of the molecule is N[C@H]1C[C@H](C(=O)Nc2cc3cc(Br)ccc3cn2)C1. The molecule has 0 aliphatic heterocycles. The van der Waals surface area contributed by atoms with Gasteiger partial charge in [-0.1, -0.05) is 22.0 Å². The van der Waals surface area contributed by atoms with Gasteiger partial charge in [-0.05, 0) is 36.4 Å². The van der Waals surface area contributed by atoms with Gasteiger partial charge in [-0.3, -0.25) is 4.79 Å². The summed E-state index contributed by atoms with van der Waals surface area (Å²) in [6, 6.07) is 8.03. The van der Waals surface area contributed by atoms with Crippen molar-refractivity contribution >= 4 is 38.4 Å². The fourth-order valence-corrected chi connectivity index (χ4v) is 2.66. The summed E-state index contributed by atoms with van der Waals surface area (Å²) in [6.45, 7) is 0. The number of fused-ring (bicyclic) bond motifs is 1. The van der Waals surface area contributed by atoms with Gasteiger partial charge >= 0.3 is 0 Å². The summed E-state index contributed by atoms with van der Waals surface area (Å²) >= 11 is 3.44. The van der Waals surface area contributed by atoms with Gasteiger partial charge in [0.05, 0.1) is 0 Å². The van der Waals surface area contributed by atoms with Crippen molar-refractivity contribution in [2.75, 3.05) is 5.32 Å². The summed E-state index contributed by atoms with van der Waals surface area (Å²) in [6.07, 6.45) is 3.31. The van der Waals surface area contributed by atoms with E-state index in [9.17, 15) is 4.79 Å². The maximum absolute atomic E-state index is 11.9. The minimum absolute atomic E-state index is 0.0172. The number of carbonyl (C=O) groups is 1. The van der Waals surface area contributed by atoms with Crippen molar-refractivity contribution < 1.29 is 4.79 Å². The Labute approximate surface area is 119 Å². The number of hydrogen-bond donors (Lipinski definition) is 2. The van der Waals surface area contributed by atoms with Crippen molar-refractivity contribution in [2.45, 2.75) is 18.9 Å². The summed E-state index contributed by atoms with van der Waals surface area (Å²) < 4.78 is 1.01. The fraction of sp³-hybridized carbons (Fsp3) is 0.286. The molecule has 1 aliphatic carbocycles. The molecular weight excluding hydrogens is 306 g/mol. The van der Waals surface area contributed by atoms with Gasteiger partial charge in [0, 0.05) is 28.0 Å². The Morgan fingerprint density at radius 3 is 2.84 bits per heavy atom. The molecule has 1 aliphatic rings. The van der Waals surface area contributed by atoms with Crippen molar-refractivity contribution in [3.8, 4) is 0 Å². The zero-order chi connectivity index (χ0) is 13.4. The van der Waals surface area contributed by atoms with Gasteiger partial charge in [0.1, 0.15) is 5.82 Å². The second-order valence-electron chi connectivity index (χ2n) is 4.98. The first-order chi connectivity index (χ1) is 9.11. The second-order valence-corrected chi connectivity index (χ2v) is 5.89. The van der Waals surface area contributed by atoms with Crippen LogP contribution in [0.1, 0.15) is 12.8 Å². The number of nitrogens with one attached hydrogen (secondary N) is 1. The Morgan fingerprint density at radius 1 is 1.32 bits per heavy atom. The van der Waals surface area contributed by atoms with Crippen LogP contribution in [-0.4, -0.2) is 16.9 Å². The Kier molecular flexibility index (Phi) is 3.24. The monoisotopic (exact) mass is 319 g/mol. The predicted molar refractivity (Wildman–Crippen MR) is 78.8 cm³/mol. The molecule has 0 unspecified atom stereocenters. The lowest BCUT2D eigenvalue weighted by molar-refractivity contribution is -0.122. The van der Waals surface area contributed by atoms with Gasteiger partial charge in [-0.15, -0.1) is 0 Å². The minimum atomic E-state index is 0.0172. The highest BCUT2D eigenvalue weighted by Crippen LogP contribution is 2.27. The van der Waals surface area contributed by atoms with E-state index in [1.54, 1.807) is 6.20 Å². The molecule has 0 radical (unpaired) electrons. The van der Waals surface area contributed by atoms with Gasteiger partial charge in [0.15, 0.2) is 0 Å². The Bertz CT molecular complexity index is 638. The van der Waals surface area contributed by atoms with Crippen LogP contribution in [0.4, 0.5) is 5.82 Å². The third-order valence-electron chi connectivity index (χ3n) is 3.48. The average Bonchev–Trinajstić information content (AvgIpc) is 2.34. The van der Waals surface area contributed by atoms with Gasteiger partial charge in [-0.2, -0.15) is 0 Å². The summed E-state index contributed by atoms with van der Waals surface area (Å²) in [5, 5.41) is 4.95. The number of rotatable bonds is 2. The Morgan fingerprint density at radius 2 is 2.11 bits per heavy atom. The zero-order valence-electron chi connectivity index (χ0n) is 10.3. The van der Waals surface area contributed by atoms with Crippen LogP contribution in [0.3, 0.4) is 0 Å². The first-order valence-electron chi connectivity index (χ1n) is 6.23. The topological polar surface area (TPSA) is 68.0 Å². The molecule has 0 atom stereocenters. The molecular formula is C14H14BrN3O. The standard InChI is InChI=1S/C14H14BrN3O/c15-11-2-1-8-7-17-13(6-9(8)3-11)18-14(19)10-4-12(16)5-10/h1-3,6-7,10,12H,4-5,16H2,(H,17,18,19)/t10-,12-. The van der Waals surface area contributed by atoms with Crippen molar-refractivity contribution in [2.24, 2.45) is 11.7 Å². The van der Waals surface area contributed by atoms with E-state index < -0.39 is 0 Å². The van der Waals surface area contributed by atoms with E-state index >= 15 is 0 Å². The molecule has 2 aromatic rings. The average molecular weight is 320 g/mol. The van der Waals surface area contributed by atoms with Crippen molar-refractivity contribution in [1.82, 2.24) is 4.98 Å². The number of hydrogen-bond acceptors (Lipinski definition) is 3. The number of anilines is 1. The quantitative estimate of drug-likeness (QED) is 0.894. The molecule has 1 heterocycles. The number of halogens is 1. The molecule has 4 nitrogen and oxygen atoms in total. The highest BCUT2D eigenvalue weighted by Gasteiger charge is 2.32. The van der Waals surface area contributed by atoms with E-state index in [-0.39, 0.29) is 17.9 Å². The first-order valence-corrected chi connectivity index (χ1v) is 7.03. The predicted octanol–water partition coefficient (Wildman–Crippen LogP) is 2.67. The number of benzene rings is 1. The molecule has 0 bridgehead atoms. The van der Waals surface area contributed by atoms with Crippen LogP contribution in [0.5, 0.6) is 0 Å². The molecule has 19 heavy (non-hydrogen) atoms. The summed E-state index contributed by atoms with van der Waals surface area (Å²) in [5.41, 5.74) is 5.69. The van der Waals surface area contributed by atoms with Gasteiger partial charge in [0.2, 0.25) is 5.91 Å². The van der Waals surface area contributed by atoms with Crippen LogP contribution >= 0.6 is 15.9 Å². The third-order valence-corrected chi connectivity index (χ3v) is 3.97. The molecule has 98 valence electrons. The first kappa shape index (κ1) is 12.6. The second kappa shape index (κ2) is 4.90. The van der Waals surface area contributed by atoms with Crippen LogP contribution in [0.15, 0.2) is 34.9 Å². The number of aromatic nitrogens is 1. The smallest absolute Gasteiger partial charge is 0.228 e. The Hall–Kier alpha value is -1.46. The molecule has 0 saturated heterocycles. The molecule has 5 heteroatoms. The highest BCUT2D eigenvalue weighted by atomic mass is 79.9. The van der Waals surface area contributed by atoms with Crippen LogP contribution in [0.25, 0.3) is 10.8 Å². The fourth-order valence-electron chi connectivity index (χ4n) is 2.28. The third kappa shape index (κ3) is 2.62. The molecule has 1 aromatic carbocycles. The molecule has 3 rings (SSSR count). The van der Waals surface area contributed by atoms with Gasteiger partial charge in [-0.25, -0.2) is 4.98 Å². The normalized spacial score (nSPS) is 22.0. The van der Waals surface area contributed by atoms with Crippen molar-refractivity contribution in [3.63, 3.8) is 0 Å². The number of carbonyl (C=O) groups excluding carboxylic acids is 1. The summed E-state index contributed by atoms with van der Waals surface area (Å²) in [5.74, 6) is 0.648. The molecule has 1 fully saturated rings. The van der Waals surface area contributed by atoms with E-state index in [1.165, 1.54) is 0 Å². The van der Waals surface area contributed by atoms with Crippen LogP contribution < -0.4 is 11.1 Å².